The average Bonchev–Trinajstić information content (AvgIpc) is 3.01. The van der Waals surface area contributed by atoms with Gasteiger partial charge in [0, 0.05) is 11.3 Å². The predicted octanol–water partition coefficient (Wildman–Crippen LogP) is 4.24. The summed E-state index contributed by atoms with van der Waals surface area (Å²) in [7, 11) is 1.51. The number of amides is 3. The Morgan fingerprint density at radius 3 is 2.68 bits per heavy atom. The van der Waals surface area contributed by atoms with E-state index in [9.17, 15) is 14.4 Å². The Labute approximate surface area is 184 Å². The van der Waals surface area contributed by atoms with Crippen molar-refractivity contribution < 1.29 is 23.9 Å². The molecule has 0 atom stereocenters. The van der Waals surface area contributed by atoms with Crippen LogP contribution in [0.4, 0.5) is 10.5 Å². The van der Waals surface area contributed by atoms with Gasteiger partial charge in [-0.3, -0.25) is 19.3 Å². The lowest BCUT2D eigenvalue weighted by Crippen LogP contribution is -2.36. The number of carbonyl (C=O) groups is 3. The number of thioether (sulfide) groups is 1. The molecule has 0 spiro atoms. The van der Waals surface area contributed by atoms with Gasteiger partial charge in [0.25, 0.3) is 11.1 Å². The Morgan fingerprint density at radius 2 is 1.97 bits per heavy atom. The maximum atomic E-state index is 12.8. The van der Waals surface area contributed by atoms with E-state index < -0.39 is 17.1 Å². The summed E-state index contributed by atoms with van der Waals surface area (Å²) in [6.45, 7) is 5.38. The number of benzene rings is 2. The summed E-state index contributed by atoms with van der Waals surface area (Å²) < 4.78 is 11.0. The molecule has 1 heterocycles. The molecule has 0 bridgehead atoms. The molecule has 1 aliphatic heterocycles. The fraction of sp³-hybridized carbons (Fsp3) is 0.174. The molecular weight excluding hydrogens is 416 g/mol. The minimum absolute atomic E-state index is 0.199. The number of methoxy groups -OCH3 is 1. The van der Waals surface area contributed by atoms with Crippen molar-refractivity contribution in [3.8, 4) is 11.5 Å². The van der Waals surface area contributed by atoms with Gasteiger partial charge in [-0.25, -0.2) is 0 Å². The third-order valence-corrected chi connectivity index (χ3v) is 5.36. The van der Waals surface area contributed by atoms with Crippen LogP contribution in [0.1, 0.15) is 11.1 Å². The first-order valence-corrected chi connectivity index (χ1v) is 10.3. The highest BCUT2D eigenvalue weighted by atomic mass is 32.2. The summed E-state index contributed by atoms with van der Waals surface area (Å²) in [5.41, 5.74) is 2.10. The second kappa shape index (κ2) is 9.99. The molecular formula is C23H22N2O5S. The maximum absolute atomic E-state index is 12.8. The van der Waals surface area contributed by atoms with Crippen molar-refractivity contribution in [2.75, 3.05) is 25.6 Å². The van der Waals surface area contributed by atoms with Gasteiger partial charge >= 0.3 is 0 Å². The van der Waals surface area contributed by atoms with Crippen LogP contribution in [-0.2, 0) is 9.59 Å². The lowest BCUT2D eigenvalue weighted by Gasteiger charge is -2.14. The van der Waals surface area contributed by atoms with Crippen molar-refractivity contribution in [3.05, 3.63) is 71.2 Å². The van der Waals surface area contributed by atoms with Gasteiger partial charge in [0.1, 0.15) is 13.2 Å². The number of para-hydroxylation sites is 2. The molecule has 2 aromatic rings. The fourth-order valence-corrected chi connectivity index (χ4v) is 3.76. The first kappa shape index (κ1) is 22.2. The number of rotatable bonds is 8. The Hall–Kier alpha value is -3.52. The van der Waals surface area contributed by atoms with E-state index in [1.54, 1.807) is 42.5 Å². The summed E-state index contributed by atoms with van der Waals surface area (Å²) in [4.78, 5) is 38.7. The minimum atomic E-state index is -0.535. The molecule has 1 aliphatic rings. The summed E-state index contributed by atoms with van der Waals surface area (Å²) in [6, 6.07) is 12.5. The number of hydrogen-bond donors (Lipinski definition) is 1. The van der Waals surface area contributed by atoms with Crippen LogP contribution in [0.5, 0.6) is 11.5 Å². The summed E-state index contributed by atoms with van der Waals surface area (Å²) in [5, 5.41) is 2.22. The van der Waals surface area contributed by atoms with Crippen LogP contribution in [0.2, 0.25) is 0 Å². The van der Waals surface area contributed by atoms with Crippen LogP contribution < -0.4 is 14.8 Å². The maximum Gasteiger partial charge on any atom is 0.294 e. The molecule has 0 saturated carbocycles. The minimum Gasteiger partial charge on any atom is -0.493 e. The van der Waals surface area contributed by atoms with Crippen LogP contribution in [0.25, 0.3) is 6.08 Å². The Morgan fingerprint density at radius 1 is 1.19 bits per heavy atom. The van der Waals surface area contributed by atoms with Crippen molar-refractivity contribution >= 4 is 40.6 Å². The zero-order chi connectivity index (χ0) is 22.4. The van der Waals surface area contributed by atoms with Crippen LogP contribution in [0.15, 0.2) is 60.0 Å². The van der Waals surface area contributed by atoms with Gasteiger partial charge in [-0.1, -0.05) is 43.0 Å². The lowest BCUT2D eigenvalue weighted by atomic mass is 10.1. The van der Waals surface area contributed by atoms with Crippen LogP contribution in [-0.4, -0.2) is 42.2 Å². The summed E-state index contributed by atoms with van der Waals surface area (Å²) in [5.74, 6) is -0.0527. The second-order valence-electron chi connectivity index (χ2n) is 6.61. The smallest absolute Gasteiger partial charge is 0.294 e. The average molecular weight is 439 g/mol. The molecule has 0 radical (unpaired) electrons. The van der Waals surface area contributed by atoms with Gasteiger partial charge in [0.05, 0.1) is 12.0 Å². The van der Waals surface area contributed by atoms with E-state index in [1.807, 2.05) is 19.1 Å². The molecule has 0 aliphatic carbocycles. The van der Waals surface area contributed by atoms with Crippen LogP contribution >= 0.6 is 11.8 Å². The van der Waals surface area contributed by atoms with Crippen molar-refractivity contribution in [1.29, 1.82) is 0 Å². The number of nitrogens with zero attached hydrogens (tertiary/aromatic N) is 1. The van der Waals surface area contributed by atoms with E-state index in [2.05, 4.69) is 11.9 Å². The number of carbonyl (C=O) groups excluding carboxylic acids is 3. The molecule has 2 aromatic carbocycles. The van der Waals surface area contributed by atoms with Gasteiger partial charge in [-0.05, 0) is 42.5 Å². The fourth-order valence-electron chi connectivity index (χ4n) is 2.93. The number of nitrogens with one attached hydrogen (secondary N) is 1. The number of ether oxygens (including phenoxy) is 2. The normalized spacial score (nSPS) is 14.6. The third-order valence-electron chi connectivity index (χ3n) is 4.46. The molecule has 1 N–H and O–H groups in total. The van der Waals surface area contributed by atoms with Gasteiger partial charge < -0.3 is 14.8 Å². The Bertz CT molecular complexity index is 1060. The number of hydrogen-bond acceptors (Lipinski definition) is 6. The van der Waals surface area contributed by atoms with E-state index >= 15 is 0 Å². The van der Waals surface area contributed by atoms with Crippen molar-refractivity contribution in [2.45, 2.75) is 6.92 Å². The molecule has 0 aromatic heterocycles. The molecule has 0 unspecified atom stereocenters. The third kappa shape index (κ3) is 5.16. The van der Waals surface area contributed by atoms with E-state index in [-0.39, 0.29) is 18.1 Å². The highest BCUT2D eigenvalue weighted by molar-refractivity contribution is 8.18. The van der Waals surface area contributed by atoms with Gasteiger partial charge in [0.15, 0.2) is 11.5 Å². The number of aryl methyl sites for hydroxylation is 1. The first-order valence-electron chi connectivity index (χ1n) is 9.46. The van der Waals surface area contributed by atoms with Gasteiger partial charge in [-0.2, -0.15) is 0 Å². The van der Waals surface area contributed by atoms with E-state index in [1.165, 1.54) is 7.11 Å². The molecule has 3 amide bonds. The van der Waals surface area contributed by atoms with Crippen molar-refractivity contribution in [1.82, 2.24) is 4.90 Å². The Balaban J connectivity index is 1.78. The van der Waals surface area contributed by atoms with E-state index in [0.717, 1.165) is 22.2 Å². The largest absolute Gasteiger partial charge is 0.493 e. The van der Waals surface area contributed by atoms with E-state index in [4.69, 9.17) is 9.47 Å². The molecule has 8 heteroatoms. The lowest BCUT2D eigenvalue weighted by molar-refractivity contribution is -0.127. The SMILES string of the molecule is C=CCOc1c(/C=C2\SC(=O)N(CC(=O)Nc3ccccc3C)C2=O)cccc1OC. The van der Waals surface area contributed by atoms with Gasteiger partial charge in [-0.15, -0.1) is 0 Å². The number of imide groups is 1. The van der Waals surface area contributed by atoms with Gasteiger partial charge in [0.2, 0.25) is 5.91 Å². The highest BCUT2D eigenvalue weighted by Gasteiger charge is 2.36. The molecule has 3 rings (SSSR count). The van der Waals surface area contributed by atoms with Crippen LogP contribution in [0.3, 0.4) is 0 Å². The Kier molecular flexibility index (Phi) is 7.15. The molecule has 160 valence electrons. The second-order valence-corrected chi connectivity index (χ2v) is 7.60. The highest BCUT2D eigenvalue weighted by Crippen LogP contribution is 2.37. The molecule has 1 fully saturated rings. The zero-order valence-corrected chi connectivity index (χ0v) is 18.0. The number of anilines is 1. The topological polar surface area (TPSA) is 84.9 Å². The molecule has 1 saturated heterocycles. The predicted molar refractivity (Wildman–Crippen MR) is 121 cm³/mol. The van der Waals surface area contributed by atoms with E-state index in [0.29, 0.717) is 22.7 Å². The van der Waals surface area contributed by atoms with Crippen molar-refractivity contribution in [2.24, 2.45) is 0 Å². The van der Waals surface area contributed by atoms with Crippen molar-refractivity contribution in [3.63, 3.8) is 0 Å². The summed E-state index contributed by atoms with van der Waals surface area (Å²) in [6.07, 6.45) is 3.16. The standard InChI is InChI=1S/C23H22N2O5S/c1-4-12-30-21-16(9-7-11-18(21)29-3)13-19-22(27)25(23(28)31-19)14-20(26)24-17-10-6-5-8-15(17)2/h4-11,13H,1,12,14H2,2-3H3,(H,24,26)/b19-13-. The van der Waals surface area contributed by atoms with Crippen LogP contribution in [0, 0.1) is 6.92 Å². The first-order chi connectivity index (χ1) is 14.9. The summed E-state index contributed by atoms with van der Waals surface area (Å²) >= 11 is 0.776. The zero-order valence-electron chi connectivity index (χ0n) is 17.2. The molecule has 7 nitrogen and oxygen atoms in total. The quantitative estimate of drug-likeness (QED) is 0.490. The molecule has 31 heavy (non-hydrogen) atoms. The monoisotopic (exact) mass is 438 g/mol.